The minimum absolute atomic E-state index is 0.0704. The molecule has 0 amide bonds. The molecule has 0 aromatic carbocycles. The SMILES string of the molecule is COC(=O)Cc1cn2cccc(CO)c2n1. The van der Waals surface area contributed by atoms with E-state index in [1.807, 2.05) is 12.3 Å². The summed E-state index contributed by atoms with van der Waals surface area (Å²) >= 11 is 0. The zero-order valence-corrected chi connectivity index (χ0v) is 8.88. The Balaban J connectivity index is 2.39. The number of aliphatic hydroxyl groups excluding tert-OH is 1. The highest BCUT2D eigenvalue weighted by molar-refractivity contribution is 5.72. The highest BCUT2D eigenvalue weighted by Gasteiger charge is 2.09. The van der Waals surface area contributed by atoms with Gasteiger partial charge in [0.25, 0.3) is 0 Å². The van der Waals surface area contributed by atoms with Crippen LogP contribution in [-0.2, 0) is 22.6 Å². The van der Waals surface area contributed by atoms with Crippen molar-refractivity contribution in [3.8, 4) is 0 Å². The Labute approximate surface area is 92.3 Å². The van der Waals surface area contributed by atoms with Gasteiger partial charge in [0.05, 0.1) is 25.8 Å². The summed E-state index contributed by atoms with van der Waals surface area (Å²) < 4.78 is 6.35. The van der Waals surface area contributed by atoms with Crippen molar-refractivity contribution in [2.75, 3.05) is 7.11 Å². The van der Waals surface area contributed by atoms with Crippen LogP contribution in [0.2, 0.25) is 0 Å². The lowest BCUT2D eigenvalue weighted by Crippen LogP contribution is -2.04. The third kappa shape index (κ3) is 1.90. The van der Waals surface area contributed by atoms with Crippen molar-refractivity contribution < 1.29 is 14.6 Å². The molecule has 2 heterocycles. The molecule has 1 N–H and O–H groups in total. The lowest BCUT2D eigenvalue weighted by molar-refractivity contribution is -0.139. The molecule has 5 nitrogen and oxygen atoms in total. The van der Waals surface area contributed by atoms with E-state index in [1.165, 1.54) is 7.11 Å². The average molecular weight is 220 g/mol. The van der Waals surface area contributed by atoms with Crippen LogP contribution in [-0.4, -0.2) is 27.6 Å². The summed E-state index contributed by atoms with van der Waals surface area (Å²) in [6.07, 6.45) is 3.72. The van der Waals surface area contributed by atoms with Gasteiger partial charge in [-0.15, -0.1) is 0 Å². The first-order chi connectivity index (χ1) is 7.74. The van der Waals surface area contributed by atoms with E-state index in [0.29, 0.717) is 11.3 Å². The third-order valence-electron chi connectivity index (χ3n) is 2.34. The molecule has 0 bridgehead atoms. The Kier molecular flexibility index (Phi) is 2.87. The second-order valence-electron chi connectivity index (χ2n) is 3.41. The Morgan fingerprint density at radius 1 is 1.62 bits per heavy atom. The Morgan fingerprint density at radius 3 is 3.12 bits per heavy atom. The Hall–Kier alpha value is -1.88. The molecule has 0 radical (unpaired) electrons. The van der Waals surface area contributed by atoms with Gasteiger partial charge in [0.1, 0.15) is 5.65 Å². The highest BCUT2D eigenvalue weighted by Crippen LogP contribution is 2.11. The van der Waals surface area contributed by atoms with Crippen molar-refractivity contribution in [2.24, 2.45) is 0 Å². The molecule has 0 spiro atoms. The normalized spacial score (nSPS) is 10.6. The molecule has 0 saturated carbocycles. The van der Waals surface area contributed by atoms with E-state index in [4.69, 9.17) is 5.11 Å². The van der Waals surface area contributed by atoms with Crippen molar-refractivity contribution in [2.45, 2.75) is 13.0 Å². The number of esters is 1. The van der Waals surface area contributed by atoms with Gasteiger partial charge in [-0.2, -0.15) is 0 Å². The van der Waals surface area contributed by atoms with E-state index < -0.39 is 0 Å². The molecule has 0 fully saturated rings. The lowest BCUT2D eigenvalue weighted by Gasteiger charge is -1.97. The maximum atomic E-state index is 11.1. The molecule has 2 aromatic rings. The molecule has 0 aliphatic rings. The van der Waals surface area contributed by atoms with Gasteiger partial charge >= 0.3 is 5.97 Å². The second-order valence-corrected chi connectivity index (χ2v) is 3.41. The number of methoxy groups -OCH3 is 1. The van der Waals surface area contributed by atoms with Crippen LogP contribution in [0.4, 0.5) is 0 Å². The van der Waals surface area contributed by atoms with Gasteiger partial charge in [0.15, 0.2) is 0 Å². The fourth-order valence-corrected chi connectivity index (χ4v) is 1.55. The van der Waals surface area contributed by atoms with Crippen molar-refractivity contribution >= 4 is 11.6 Å². The molecule has 84 valence electrons. The number of carbonyl (C=O) groups is 1. The lowest BCUT2D eigenvalue weighted by atomic mass is 10.3. The third-order valence-corrected chi connectivity index (χ3v) is 2.34. The van der Waals surface area contributed by atoms with Crippen LogP contribution in [0.5, 0.6) is 0 Å². The fourth-order valence-electron chi connectivity index (χ4n) is 1.55. The standard InChI is InChI=1S/C11H12N2O3/c1-16-10(15)5-9-6-13-4-2-3-8(7-14)11(13)12-9/h2-4,6,14H,5,7H2,1H3. The van der Waals surface area contributed by atoms with Crippen LogP contribution in [0.3, 0.4) is 0 Å². The molecule has 0 aliphatic heterocycles. The van der Waals surface area contributed by atoms with Crippen LogP contribution in [0.1, 0.15) is 11.3 Å². The van der Waals surface area contributed by atoms with Crippen molar-refractivity contribution in [3.63, 3.8) is 0 Å². The van der Waals surface area contributed by atoms with E-state index in [0.717, 1.165) is 5.56 Å². The first-order valence-electron chi connectivity index (χ1n) is 4.87. The maximum Gasteiger partial charge on any atom is 0.311 e. The van der Waals surface area contributed by atoms with Gasteiger partial charge < -0.3 is 14.2 Å². The molecule has 0 saturated heterocycles. The number of rotatable bonds is 3. The maximum absolute atomic E-state index is 11.1. The van der Waals surface area contributed by atoms with E-state index in [-0.39, 0.29) is 19.0 Å². The number of aromatic nitrogens is 2. The molecule has 16 heavy (non-hydrogen) atoms. The first-order valence-corrected chi connectivity index (χ1v) is 4.87. The van der Waals surface area contributed by atoms with Crippen molar-refractivity contribution in [1.82, 2.24) is 9.38 Å². The van der Waals surface area contributed by atoms with Gasteiger partial charge in [-0.25, -0.2) is 4.98 Å². The number of pyridine rings is 1. The zero-order chi connectivity index (χ0) is 11.5. The number of aliphatic hydroxyl groups is 1. The van der Waals surface area contributed by atoms with Crippen LogP contribution in [0.25, 0.3) is 5.65 Å². The van der Waals surface area contributed by atoms with E-state index in [9.17, 15) is 4.79 Å². The number of fused-ring (bicyclic) bond motifs is 1. The van der Waals surface area contributed by atoms with E-state index in [2.05, 4.69) is 9.72 Å². The summed E-state index contributed by atoms with van der Waals surface area (Å²) in [5, 5.41) is 9.13. The number of hydrogen-bond acceptors (Lipinski definition) is 4. The molecule has 5 heteroatoms. The summed E-state index contributed by atoms with van der Waals surface area (Å²) in [4.78, 5) is 15.4. The topological polar surface area (TPSA) is 63.8 Å². The zero-order valence-electron chi connectivity index (χ0n) is 8.88. The van der Waals surface area contributed by atoms with Gasteiger partial charge in [0, 0.05) is 18.0 Å². The minimum atomic E-state index is -0.325. The van der Waals surface area contributed by atoms with Gasteiger partial charge in [-0.3, -0.25) is 4.79 Å². The molecular weight excluding hydrogens is 208 g/mol. The fraction of sp³-hybridized carbons (Fsp3) is 0.273. The molecule has 0 atom stereocenters. The van der Waals surface area contributed by atoms with Gasteiger partial charge in [-0.1, -0.05) is 6.07 Å². The molecule has 2 rings (SSSR count). The Morgan fingerprint density at radius 2 is 2.44 bits per heavy atom. The molecule has 0 unspecified atom stereocenters. The van der Waals surface area contributed by atoms with E-state index in [1.54, 1.807) is 16.7 Å². The van der Waals surface area contributed by atoms with Crippen LogP contribution >= 0.6 is 0 Å². The minimum Gasteiger partial charge on any atom is -0.469 e. The monoisotopic (exact) mass is 220 g/mol. The quantitative estimate of drug-likeness (QED) is 0.767. The number of nitrogens with zero attached hydrogens (tertiary/aromatic N) is 2. The summed E-state index contributed by atoms with van der Waals surface area (Å²) in [5.41, 5.74) is 2.04. The predicted molar refractivity (Wildman–Crippen MR) is 56.8 cm³/mol. The smallest absolute Gasteiger partial charge is 0.311 e. The summed E-state index contributed by atoms with van der Waals surface area (Å²) in [7, 11) is 1.34. The summed E-state index contributed by atoms with van der Waals surface area (Å²) in [6, 6.07) is 3.62. The van der Waals surface area contributed by atoms with Gasteiger partial charge in [-0.05, 0) is 6.07 Å². The largest absolute Gasteiger partial charge is 0.469 e. The van der Waals surface area contributed by atoms with Gasteiger partial charge in [0.2, 0.25) is 0 Å². The van der Waals surface area contributed by atoms with E-state index >= 15 is 0 Å². The van der Waals surface area contributed by atoms with Crippen LogP contribution in [0.15, 0.2) is 24.5 Å². The number of ether oxygens (including phenoxy) is 1. The number of hydrogen-bond donors (Lipinski definition) is 1. The summed E-state index contributed by atoms with van der Waals surface area (Å²) in [6.45, 7) is -0.0704. The summed E-state index contributed by atoms with van der Waals surface area (Å²) in [5.74, 6) is -0.325. The van der Waals surface area contributed by atoms with Crippen molar-refractivity contribution in [1.29, 1.82) is 0 Å². The van der Waals surface area contributed by atoms with Crippen molar-refractivity contribution in [3.05, 3.63) is 35.8 Å². The Bertz CT molecular complexity index is 519. The van der Waals surface area contributed by atoms with Crippen LogP contribution in [0, 0.1) is 0 Å². The average Bonchev–Trinajstić information content (AvgIpc) is 2.70. The first kappa shape index (κ1) is 10.6. The molecular formula is C11H12N2O3. The number of carbonyl (C=O) groups excluding carboxylic acids is 1. The van der Waals surface area contributed by atoms with Crippen LogP contribution < -0.4 is 0 Å². The predicted octanol–water partition coefficient (Wildman–Crippen LogP) is 0.542. The second kappa shape index (κ2) is 4.32. The number of imidazole rings is 1. The highest BCUT2D eigenvalue weighted by atomic mass is 16.5. The molecule has 2 aromatic heterocycles. The molecule has 0 aliphatic carbocycles.